The monoisotopic (exact) mass is 251 g/mol. The Kier molecular flexibility index (Phi) is 3.97. The summed E-state index contributed by atoms with van der Waals surface area (Å²) in [6.07, 6.45) is 0.942. The van der Waals surface area contributed by atoms with Crippen molar-refractivity contribution in [2.24, 2.45) is 5.92 Å². The first-order chi connectivity index (χ1) is 8.58. The predicted molar refractivity (Wildman–Crippen MR) is 67.0 cm³/mol. The quantitative estimate of drug-likeness (QED) is 0.895. The Bertz CT molecular complexity index is 441. The third-order valence-corrected chi connectivity index (χ3v) is 3.40. The number of ether oxygens (including phenoxy) is 1. The van der Waals surface area contributed by atoms with Crippen LogP contribution in [0.4, 0.5) is 4.39 Å². The van der Waals surface area contributed by atoms with Crippen molar-refractivity contribution in [3.63, 3.8) is 0 Å². The molecule has 1 aromatic carbocycles. The molecular weight excluding hydrogens is 233 g/mol. The molecule has 1 heterocycles. The van der Waals surface area contributed by atoms with Crippen LogP contribution in [0.25, 0.3) is 0 Å². The number of amides is 1. The van der Waals surface area contributed by atoms with Gasteiger partial charge in [-0.25, -0.2) is 4.39 Å². The average Bonchev–Trinajstić information content (AvgIpc) is 2.81. The summed E-state index contributed by atoms with van der Waals surface area (Å²) >= 11 is 0. The van der Waals surface area contributed by atoms with Crippen molar-refractivity contribution in [3.8, 4) is 0 Å². The van der Waals surface area contributed by atoms with E-state index in [1.165, 1.54) is 12.1 Å². The first-order valence-corrected chi connectivity index (χ1v) is 6.22. The summed E-state index contributed by atoms with van der Waals surface area (Å²) in [5.41, 5.74) is 0.910. The van der Waals surface area contributed by atoms with Gasteiger partial charge in [-0.3, -0.25) is 4.79 Å². The van der Waals surface area contributed by atoms with Gasteiger partial charge in [0.1, 0.15) is 5.82 Å². The molecule has 1 amide bonds. The highest BCUT2D eigenvalue weighted by molar-refractivity contribution is 5.94. The minimum atomic E-state index is -0.470. The summed E-state index contributed by atoms with van der Waals surface area (Å²) in [6, 6.07) is 4.64. The number of carbonyl (C=O) groups is 1. The summed E-state index contributed by atoms with van der Waals surface area (Å²) < 4.78 is 18.9. The fraction of sp³-hybridized carbons (Fsp3) is 0.500. The minimum Gasteiger partial charge on any atom is -0.381 e. The van der Waals surface area contributed by atoms with Crippen molar-refractivity contribution in [2.45, 2.75) is 26.3 Å². The fourth-order valence-electron chi connectivity index (χ4n) is 2.15. The van der Waals surface area contributed by atoms with E-state index in [2.05, 4.69) is 5.32 Å². The SMILES string of the molecule is Cc1ccc(C(=O)NC(C)C2CCOC2)c(F)c1. The highest BCUT2D eigenvalue weighted by Gasteiger charge is 2.24. The number of aryl methyl sites for hydroxylation is 1. The molecule has 2 rings (SSSR count). The van der Waals surface area contributed by atoms with E-state index in [0.717, 1.165) is 18.6 Å². The number of benzene rings is 1. The molecule has 4 heteroatoms. The highest BCUT2D eigenvalue weighted by Crippen LogP contribution is 2.17. The van der Waals surface area contributed by atoms with Crippen molar-refractivity contribution >= 4 is 5.91 Å². The Balaban J connectivity index is 2.02. The average molecular weight is 251 g/mol. The molecule has 0 radical (unpaired) electrons. The standard InChI is InChI=1S/C14H18FNO2/c1-9-3-4-12(13(15)7-9)14(17)16-10(2)11-5-6-18-8-11/h3-4,7,10-11H,5-6,8H2,1-2H3,(H,16,17). The van der Waals surface area contributed by atoms with Crippen LogP contribution in [0.5, 0.6) is 0 Å². The van der Waals surface area contributed by atoms with Crippen LogP contribution in [0.3, 0.4) is 0 Å². The fourth-order valence-corrected chi connectivity index (χ4v) is 2.15. The van der Waals surface area contributed by atoms with Gasteiger partial charge in [0.15, 0.2) is 0 Å². The lowest BCUT2D eigenvalue weighted by molar-refractivity contribution is 0.0918. The van der Waals surface area contributed by atoms with Crippen LogP contribution in [-0.2, 0) is 4.74 Å². The molecular formula is C14H18FNO2. The predicted octanol–water partition coefficient (Wildman–Crippen LogP) is 2.29. The molecule has 0 aromatic heterocycles. The first kappa shape index (κ1) is 13.0. The van der Waals surface area contributed by atoms with Gasteiger partial charge in [0.05, 0.1) is 12.2 Å². The molecule has 0 aliphatic carbocycles. The van der Waals surface area contributed by atoms with Crippen LogP contribution >= 0.6 is 0 Å². The topological polar surface area (TPSA) is 38.3 Å². The number of hydrogen-bond acceptors (Lipinski definition) is 2. The Labute approximate surface area is 106 Å². The molecule has 98 valence electrons. The number of rotatable bonds is 3. The maximum atomic E-state index is 13.6. The lowest BCUT2D eigenvalue weighted by Crippen LogP contribution is -2.38. The molecule has 2 atom stereocenters. The van der Waals surface area contributed by atoms with E-state index in [0.29, 0.717) is 12.5 Å². The highest BCUT2D eigenvalue weighted by atomic mass is 19.1. The van der Waals surface area contributed by atoms with Gasteiger partial charge in [-0.2, -0.15) is 0 Å². The van der Waals surface area contributed by atoms with Gasteiger partial charge in [0.2, 0.25) is 0 Å². The first-order valence-electron chi connectivity index (χ1n) is 6.22. The third kappa shape index (κ3) is 2.88. The zero-order valence-corrected chi connectivity index (χ0v) is 10.7. The van der Waals surface area contributed by atoms with Crippen LogP contribution in [0.1, 0.15) is 29.3 Å². The minimum absolute atomic E-state index is 0.000651. The maximum absolute atomic E-state index is 13.6. The molecule has 3 nitrogen and oxygen atoms in total. The number of halogens is 1. The molecule has 1 saturated heterocycles. The van der Waals surface area contributed by atoms with E-state index < -0.39 is 5.82 Å². The van der Waals surface area contributed by atoms with Gasteiger partial charge in [-0.1, -0.05) is 6.07 Å². The Morgan fingerprint density at radius 1 is 1.56 bits per heavy atom. The van der Waals surface area contributed by atoms with Crippen LogP contribution in [0.2, 0.25) is 0 Å². The summed E-state index contributed by atoms with van der Waals surface area (Å²) in [4.78, 5) is 12.0. The molecule has 1 N–H and O–H groups in total. The van der Waals surface area contributed by atoms with Gasteiger partial charge < -0.3 is 10.1 Å². The molecule has 1 fully saturated rings. The molecule has 0 bridgehead atoms. The smallest absolute Gasteiger partial charge is 0.254 e. The van der Waals surface area contributed by atoms with E-state index in [4.69, 9.17) is 4.74 Å². The second kappa shape index (κ2) is 5.48. The van der Waals surface area contributed by atoms with Gasteiger partial charge >= 0.3 is 0 Å². The number of nitrogens with one attached hydrogen (secondary N) is 1. The molecule has 1 aromatic rings. The van der Waals surface area contributed by atoms with Crippen molar-refractivity contribution in [2.75, 3.05) is 13.2 Å². The van der Waals surface area contributed by atoms with E-state index in [-0.39, 0.29) is 17.5 Å². The van der Waals surface area contributed by atoms with Crippen LogP contribution < -0.4 is 5.32 Å². The van der Waals surface area contributed by atoms with E-state index in [1.54, 1.807) is 13.0 Å². The van der Waals surface area contributed by atoms with Crippen molar-refractivity contribution < 1.29 is 13.9 Å². The Morgan fingerprint density at radius 3 is 2.94 bits per heavy atom. The largest absolute Gasteiger partial charge is 0.381 e. The normalized spacial score (nSPS) is 20.7. The van der Waals surface area contributed by atoms with Crippen molar-refractivity contribution in [3.05, 3.63) is 35.1 Å². The van der Waals surface area contributed by atoms with Crippen molar-refractivity contribution in [1.82, 2.24) is 5.32 Å². The zero-order chi connectivity index (χ0) is 13.1. The van der Waals surface area contributed by atoms with Crippen LogP contribution in [0, 0.1) is 18.7 Å². The van der Waals surface area contributed by atoms with Gasteiger partial charge in [-0.15, -0.1) is 0 Å². The molecule has 2 unspecified atom stereocenters. The Hall–Kier alpha value is -1.42. The second-order valence-electron chi connectivity index (χ2n) is 4.87. The second-order valence-corrected chi connectivity index (χ2v) is 4.87. The number of hydrogen-bond donors (Lipinski definition) is 1. The van der Waals surface area contributed by atoms with Gasteiger partial charge in [0.25, 0.3) is 5.91 Å². The molecule has 1 aliphatic rings. The molecule has 18 heavy (non-hydrogen) atoms. The Morgan fingerprint density at radius 2 is 2.33 bits per heavy atom. The summed E-state index contributed by atoms with van der Waals surface area (Å²) in [6.45, 7) is 5.13. The number of carbonyl (C=O) groups excluding carboxylic acids is 1. The maximum Gasteiger partial charge on any atom is 0.254 e. The van der Waals surface area contributed by atoms with Crippen molar-refractivity contribution in [1.29, 1.82) is 0 Å². The lowest BCUT2D eigenvalue weighted by Gasteiger charge is -2.19. The molecule has 0 saturated carbocycles. The van der Waals surface area contributed by atoms with E-state index >= 15 is 0 Å². The summed E-state index contributed by atoms with van der Waals surface area (Å²) in [7, 11) is 0. The summed E-state index contributed by atoms with van der Waals surface area (Å²) in [5, 5.41) is 2.84. The summed E-state index contributed by atoms with van der Waals surface area (Å²) in [5.74, 6) is -0.503. The van der Waals surface area contributed by atoms with Crippen LogP contribution in [-0.4, -0.2) is 25.2 Å². The zero-order valence-electron chi connectivity index (χ0n) is 10.7. The van der Waals surface area contributed by atoms with Gasteiger partial charge in [-0.05, 0) is 38.0 Å². The lowest BCUT2D eigenvalue weighted by atomic mass is 10.0. The van der Waals surface area contributed by atoms with Gasteiger partial charge in [0, 0.05) is 18.6 Å². The van der Waals surface area contributed by atoms with E-state index in [9.17, 15) is 9.18 Å². The van der Waals surface area contributed by atoms with Crippen LogP contribution in [0.15, 0.2) is 18.2 Å². The van der Waals surface area contributed by atoms with E-state index in [1.807, 2.05) is 6.92 Å². The molecule has 1 aliphatic heterocycles. The molecule has 0 spiro atoms. The third-order valence-electron chi connectivity index (χ3n) is 3.40.